The van der Waals surface area contributed by atoms with Gasteiger partial charge in [-0.2, -0.15) is 0 Å². The van der Waals surface area contributed by atoms with Crippen molar-refractivity contribution in [1.29, 1.82) is 0 Å². The largest absolute Gasteiger partial charge is 0.390 e. The Kier molecular flexibility index (Phi) is 4.96. The summed E-state index contributed by atoms with van der Waals surface area (Å²) in [7, 11) is 1.75. The van der Waals surface area contributed by atoms with Crippen molar-refractivity contribution in [3.8, 4) is 0 Å². The second kappa shape index (κ2) is 6.57. The molecule has 6 heteroatoms. The van der Waals surface area contributed by atoms with Gasteiger partial charge in [0.15, 0.2) is 6.10 Å². The average molecular weight is 324 g/mol. The van der Waals surface area contributed by atoms with Gasteiger partial charge in [-0.05, 0) is 38.5 Å². The maximum absolute atomic E-state index is 12.0. The van der Waals surface area contributed by atoms with E-state index < -0.39 is 0 Å². The number of halogens is 1. The van der Waals surface area contributed by atoms with Crippen LogP contribution >= 0.6 is 11.6 Å². The van der Waals surface area contributed by atoms with Gasteiger partial charge in [0.2, 0.25) is 0 Å². The van der Waals surface area contributed by atoms with E-state index in [1.165, 1.54) is 0 Å². The zero-order valence-electron chi connectivity index (χ0n) is 13.4. The Morgan fingerprint density at radius 2 is 2.05 bits per heavy atom. The number of amides is 2. The van der Waals surface area contributed by atoms with Crippen LogP contribution in [0.15, 0.2) is 29.4 Å². The molecule has 22 heavy (non-hydrogen) atoms. The van der Waals surface area contributed by atoms with E-state index in [4.69, 9.17) is 16.4 Å². The highest BCUT2D eigenvalue weighted by atomic mass is 35.5. The lowest BCUT2D eigenvalue weighted by Crippen LogP contribution is -2.48. The Balaban J connectivity index is 1.87. The summed E-state index contributed by atoms with van der Waals surface area (Å²) in [5, 5.41) is 7.73. The fourth-order valence-electron chi connectivity index (χ4n) is 2.14. The summed E-state index contributed by atoms with van der Waals surface area (Å²) in [4.78, 5) is 19.1. The molecule has 1 aromatic rings. The van der Waals surface area contributed by atoms with E-state index in [0.717, 1.165) is 11.3 Å². The third-order valence-corrected chi connectivity index (χ3v) is 3.47. The number of oxime groups is 1. The van der Waals surface area contributed by atoms with E-state index in [9.17, 15) is 4.79 Å². The molecule has 0 aliphatic carbocycles. The summed E-state index contributed by atoms with van der Waals surface area (Å²) >= 11 is 5.88. The average Bonchev–Trinajstić information content (AvgIpc) is 2.86. The molecule has 2 amide bonds. The number of nitrogens with one attached hydrogen (secondary N) is 1. The number of urea groups is 1. The smallest absolute Gasteiger partial charge is 0.317 e. The number of nitrogens with zero attached hydrogens (tertiary/aromatic N) is 2. The first-order valence-electron chi connectivity index (χ1n) is 7.26. The van der Waals surface area contributed by atoms with Crippen LogP contribution in [0.5, 0.6) is 0 Å². The van der Waals surface area contributed by atoms with Gasteiger partial charge in [0, 0.05) is 24.0 Å². The topological polar surface area (TPSA) is 53.9 Å². The normalized spacial score (nSPS) is 17.7. The molecular weight excluding hydrogens is 302 g/mol. The van der Waals surface area contributed by atoms with Gasteiger partial charge in [-0.1, -0.05) is 28.9 Å². The van der Waals surface area contributed by atoms with Crippen LogP contribution in [0.1, 0.15) is 32.8 Å². The van der Waals surface area contributed by atoms with E-state index in [0.29, 0.717) is 18.0 Å². The first-order chi connectivity index (χ1) is 10.2. The van der Waals surface area contributed by atoms with Gasteiger partial charge in [0.1, 0.15) is 0 Å². The predicted octanol–water partition coefficient (Wildman–Crippen LogP) is 3.27. The molecule has 0 radical (unpaired) electrons. The first kappa shape index (κ1) is 16.6. The maximum atomic E-state index is 12.0. The van der Waals surface area contributed by atoms with E-state index in [2.05, 4.69) is 10.5 Å². The number of rotatable bonds is 3. The van der Waals surface area contributed by atoms with Crippen LogP contribution < -0.4 is 5.32 Å². The molecule has 1 atom stereocenters. The molecule has 0 spiro atoms. The van der Waals surface area contributed by atoms with Crippen molar-refractivity contribution in [3.63, 3.8) is 0 Å². The van der Waals surface area contributed by atoms with Crippen LogP contribution in [0, 0.1) is 0 Å². The summed E-state index contributed by atoms with van der Waals surface area (Å²) in [6, 6.07) is 7.38. The summed E-state index contributed by atoms with van der Waals surface area (Å²) in [6.45, 7) is 6.34. The van der Waals surface area contributed by atoms with Crippen LogP contribution in [-0.2, 0) is 4.84 Å². The van der Waals surface area contributed by atoms with Gasteiger partial charge in [-0.25, -0.2) is 4.79 Å². The lowest BCUT2D eigenvalue weighted by molar-refractivity contribution is 0.0649. The van der Waals surface area contributed by atoms with Crippen LogP contribution in [0.3, 0.4) is 0 Å². The van der Waals surface area contributed by atoms with Crippen molar-refractivity contribution in [1.82, 2.24) is 10.2 Å². The zero-order chi connectivity index (χ0) is 16.3. The number of carbonyl (C=O) groups excluding carboxylic acids is 1. The molecule has 1 N–H and O–H groups in total. The molecule has 0 saturated carbocycles. The predicted molar refractivity (Wildman–Crippen MR) is 88.4 cm³/mol. The highest BCUT2D eigenvalue weighted by molar-refractivity contribution is 6.30. The van der Waals surface area contributed by atoms with Crippen LogP contribution in [0.25, 0.3) is 0 Å². The Morgan fingerprint density at radius 1 is 1.41 bits per heavy atom. The van der Waals surface area contributed by atoms with Crippen molar-refractivity contribution in [3.05, 3.63) is 34.9 Å². The molecule has 0 bridgehead atoms. The fraction of sp³-hybridized carbons (Fsp3) is 0.500. The van der Waals surface area contributed by atoms with Crippen molar-refractivity contribution in [2.45, 2.75) is 38.8 Å². The van der Waals surface area contributed by atoms with Crippen LogP contribution in [-0.4, -0.2) is 41.9 Å². The monoisotopic (exact) mass is 323 g/mol. The molecule has 1 aliphatic rings. The van der Waals surface area contributed by atoms with Gasteiger partial charge in [0.05, 0.1) is 12.3 Å². The minimum atomic E-state index is -0.257. The van der Waals surface area contributed by atoms with Crippen LogP contribution in [0.2, 0.25) is 5.02 Å². The van der Waals surface area contributed by atoms with Gasteiger partial charge in [-0.3, -0.25) is 0 Å². The number of hydrogen-bond acceptors (Lipinski definition) is 3. The molecule has 1 aliphatic heterocycles. The van der Waals surface area contributed by atoms with E-state index >= 15 is 0 Å². The summed E-state index contributed by atoms with van der Waals surface area (Å²) in [5.74, 6) is 0. The summed E-state index contributed by atoms with van der Waals surface area (Å²) < 4.78 is 0. The first-order valence-corrected chi connectivity index (χ1v) is 7.64. The fourth-order valence-corrected chi connectivity index (χ4v) is 2.27. The molecular formula is C16H22ClN3O2. The Labute approximate surface area is 136 Å². The molecule has 120 valence electrons. The van der Waals surface area contributed by atoms with E-state index in [-0.39, 0.29) is 17.7 Å². The Morgan fingerprint density at radius 3 is 2.64 bits per heavy atom. The second-order valence-corrected chi connectivity index (χ2v) is 6.97. The number of carbonyl (C=O) groups is 1. The number of benzene rings is 1. The van der Waals surface area contributed by atoms with Gasteiger partial charge < -0.3 is 15.1 Å². The van der Waals surface area contributed by atoms with Crippen molar-refractivity contribution >= 4 is 23.3 Å². The molecule has 2 rings (SSSR count). The lowest BCUT2D eigenvalue weighted by Gasteiger charge is -2.26. The number of hydrogen-bond donors (Lipinski definition) is 1. The lowest BCUT2D eigenvalue weighted by atomic mass is 10.0. The third kappa shape index (κ3) is 4.63. The molecule has 0 saturated heterocycles. The third-order valence-electron chi connectivity index (χ3n) is 3.22. The van der Waals surface area contributed by atoms with E-state index in [1.807, 2.05) is 45.0 Å². The Bertz CT molecular complexity index is 564. The molecule has 1 aromatic carbocycles. The standard InChI is InChI=1S/C16H22ClN3O2/c1-16(2,3)18-15(21)20(4)10-13-9-14(19-22-13)11-5-7-12(17)8-6-11/h5-8,13H,9-10H2,1-4H3,(H,18,21)/t13-/m0/s1. The van der Waals surface area contributed by atoms with Gasteiger partial charge in [0.25, 0.3) is 0 Å². The van der Waals surface area contributed by atoms with E-state index in [1.54, 1.807) is 11.9 Å². The second-order valence-electron chi connectivity index (χ2n) is 6.54. The minimum absolute atomic E-state index is 0.115. The van der Waals surface area contributed by atoms with Crippen LogP contribution in [0.4, 0.5) is 4.79 Å². The Hall–Kier alpha value is -1.75. The van der Waals surface area contributed by atoms with Crippen molar-refractivity contribution < 1.29 is 9.63 Å². The quantitative estimate of drug-likeness (QED) is 0.928. The maximum Gasteiger partial charge on any atom is 0.317 e. The van der Waals surface area contributed by atoms with Crippen molar-refractivity contribution in [2.24, 2.45) is 5.16 Å². The SMILES string of the molecule is CN(C[C@@H]1CC(c2ccc(Cl)cc2)=NO1)C(=O)NC(C)(C)C. The van der Waals surface area contributed by atoms with Crippen molar-refractivity contribution in [2.75, 3.05) is 13.6 Å². The zero-order valence-corrected chi connectivity index (χ0v) is 14.1. The van der Waals surface area contributed by atoms with Gasteiger partial charge >= 0.3 is 6.03 Å². The van der Waals surface area contributed by atoms with Gasteiger partial charge in [-0.15, -0.1) is 0 Å². The summed E-state index contributed by atoms with van der Waals surface area (Å²) in [5.41, 5.74) is 1.62. The molecule has 1 heterocycles. The highest BCUT2D eigenvalue weighted by Crippen LogP contribution is 2.19. The minimum Gasteiger partial charge on any atom is -0.390 e. The molecule has 0 fully saturated rings. The molecule has 5 nitrogen and oxygen atoms in total. The molecule has 0 unspecified atom stereocenters. The number of likely N-dealkylation sites (N-methyl/N-ethyl adjacent to an activating group) is 1. The molecule has 0 aromatic heterocycles. The summed E-state index contributed by atoms with van der Waals surface area (Å²) in [6.07, 6.45) is 0.552. The highest BCUT2D eigenvalue weighted by Gasteiger charge is 2.26.